The van der Waals surface area contributed by atoms with E-state index < -0.39 is 53.7 Å². The lowest BCUT2D eigenvalue weighted by Gasteiger charge is -2.37. The molecule has 0 radical (unpaired) electrons. The molecule has 1 unspecified atom stereocenters. The SMILES string of the molecule is COc1ccc(C(OC[C@H]2O[C@@H](n3cc(C)c(=O)[nH]c3=O)C[C@@H]2OP(SCCSC(=O)C(C)=O)N2CCCC2)(c2ccccc2)c2ccc(OC)cc2)cc1. The van der Waals surface area contributed by atoms with E-state index in [4.69, 9.17) is 23.5 Å². The molecule has 0 saturated carbocycles. The molecule has 2 aliphatic rings. The molecule has 3 heterocycles. The summed E-state index contributed by atoms with van der Waals surface area (Å²) in [6.07, 6.45) is 2.07. The third-order valence-corrected chi connectivity index (χ3v) is 14.9. The van der Waals surface area contributed by atoms with Crippen LogP contribution >= 0.6 is 30.6 Å². The maximum Gasteiger partial charge on any atom is 0.330 e. The Bertz CT molecular complexity index is 1980. The van der Waals surface area contributed by atoms with Gasteiger partial charge in [-0.3, -0.25) is 28.6 Å². The lowest BCUT2D eigenvalue weighted by atomic mass is 9.80. The van der Waals surface area contributed by atoms with Crippen molar-refractivity contribution in [3.63, 3.8) is 0 Å². The Kier molecular flexibility index (Phi) is 14.1. The molecule has 2 saturated heterocycles. The average molecular weight is 808 g/mol. The Balaban J connectivity index is 1.37. The van der Waals surface area contributed by atoms with Gasteiger partial charge < -0.3 is 23.5 Å². The summed E-state index contributed by atoms with van der Waals surface area (Å²) in [5.74, 6) is 2.02. The van der Waals surface area contributed by atoms with Crippen LogP contribution in [0.2, 0.25) is 0 Å². The summed E-state index contributed by atoms with van der Waals surface area (Å²) in [5, 5.41) is -0.450. The molecule has 0 amide bonds. The highest BCUT2D eigenvalue weighted by Gasteiger charge is 2.44. The molecule has 4 atom stereocenters. The van der Waals surface area contributed by atoms with Gasteiger partial charge in [0.05, 0.1) is 26.9 Å². The molecule has 1 N–H and O–H groups in total. The minimum absolute atomic E-state index is 0.0714. The predicted molar refractivity (Wildman–Crippen MR) is 216 cm³/mol. The molecular formula is C40H46N3O9PS2. The number of carbonyl (C=O) groups is 2. The van der Waals surface area contributed by atoms with Crippen LogP contribution in [0.5, 0.6) is 11.5 Å². The number of ether oxygens (including phenoxy) is 4. The van der Waals surface area contributed by atoms with E-state index in [0.29, 0.717) is 35.0 Å². The number of thioether (sulfide) groups is 1. The van der Waals surface area contributed by atoms with E-state index in [2.05, 4.69) is 9.65 Å². The van der Waals surface area contributed by atoms with Crippen LogP contribution in [-0.2, 0) is 29.2 Å². The number of hydrogen-bond acceptors (Lipinski definition) is 12. The molecule has 292 valence electrons. The molecule has 2 fully saturated rings. The van der Waals surface area contributed by atoms with Crippen LogP contribution in [0.15, 0.2) is 94.6 Å². The van der Waals surface area contributed by atoms with E-state index in [1.807, 2.05) is 78.9 Å². The third kappa shape index (κ3) is 9.62. The van der Waals surface area contributed by atoms with Gasteiger partial charge in [0.15, 0.2) is 7.50 Å². The first kappa shape index (κ1) is 40.9. The van der Waals surface area contributed by atoms with Crippen molar-refractivity contribution in [1.29, 1.82) is 0 Å². The molecule has 6 rings (SSSR count). The first-order valence-electron chi connectivity index (χ1n) is 18.1. The van der Waals surface area contributed by atoms with Crippen LogP contribution in [0.3, 0.4) is 0 Å². The average Bonchev–Trinajstić information content (AvgIpc) is 3.89. The maximum absolute atomic E-state index is 13.2. The van der Waals surface area contributed by atoms with Crippen molar-refractivity contribution in [2.24, 2.45) is 0 Å². The van der Waals surface area contributed by atoms with Crippen LogP contribution in [0.4, 0.5) is 0 Å². The number of methoxy groups -OCH3 is 2. The van der Waals surface area contributed by atoms with Crippen LogP contribution in [0.1, 0.15) is 54.7 Å². The highest BCUT2D eigenvalue weighted by Crippen LogP contribution is 2.58. The number of aryl methyl sites for hydroxylation is 1. The summed E-state index contributed by atoms with van der Waals surface area (Å²) in [5.41, 5.74) is 0.847. The number of Topliss-reactive ketones (excluding diaryl/α,β-unsaturated/α-hetero) is 1. The number of hydrogen-bond donors (Lipinski definition) is 1. The Labute approximate surface area is 329 Å². The second kappa shape index (κ2) is 18.9. The summed E-state index contributed by atoms with van der Waals surface area (Å²) >= 11 is 2.66. The van der Waals surface area contributed by atoms with Crippen LogP contribution < -0.4 is 20.7 Å². The van der Waals surface area contributed by atoms with Crippen molar-refractivity contribution in [1.82, 2.24) is 14.2 Å². The van der Waals surface area contributed by atoms with Crippen molar-refractivity contribution < 1.29 is 33.1 Å². The van der Waals surface area contributed by atoms with E-state index in [9.17, 15) is 19.2 Å². The number of aromatic nitrogens is 2. The number of aromatic amines is 1. The van der Waals surface area contributed by atoms with E-state index in [1.165, 1.54) is 17.7 Å². The molecule has 15 heteroatoms. The fraction of sp³-hybridized carbons (Fsp3) is 0.400. The summed E-state index contributed by atoms with van der Waals surface area (Å²) in [7, 11) is 2.05. The normalized spacial score (nSPS) is 19.3. The molecule has 2 aliphatic heterocycles. The fourth-order valence-electron chi connectivity index (χ4n) is 6.72. The van der Waals surface area contributed by atoms with Crippen molar-refractivity contribution >= 4 is 41.5 Å². The van der Waals surface area contributed by atoms with Gasteiger partial charge in [-0.05, 0) is 60.7 Å². The van der Waals surface area contributed by atoms with Crippen LogP contribution in [0, 0.1) is 6.92 Å². The third-order valence-electron chi connectivity index (χ3n) is 9.62. The Hall–Kier alpha value is -3.75. The summed E-state index contributed by atoms with van der Waals surface area (Å²) < 4.78 is 35.7. The number of nitrogens with zero attached hydrogens (tertiary/aromatic N) is 2. The first-order chi connectivity index (χ1) is 26.6. The van der Waals surface area contributed by atoms with Gasteiger partial charge in [0, 0.05) is 49.7 Å². The van der Waals surface area contributed by atoms with Crippen molar-refractivity contribution in [3.05, 3.63) is 128 Å². The molecule has 55 heavy (non-hydrogen) atoms. The Morgan fingerprint density at radius 1 is 0.891 bits per heavy atom. The van der Waals surface area contributed by atoms with E-state index in [-0.39, 0.29) is 6.61 Å². The maximum atomic E-state index is 13.2. The van der Waals surface area contributed by atoms with Gasteiger partial charge in [0.25, 0.3) is 10.7 Å². The molecule has 1 aromatic heterocycles. The van der Waals surface area contributed by atoms with Crippen molar-refractivity contribution in [2.75, 3.05) is 45.4 Å². The zero-order valence-corrected chi connectivity index (χ0v) is 33.8. The van der Waals surface area contributed by atoms with E-state index >= 15 is 0 Å². The smallest absolute Gasteiger partial charge is 0.330 e. The molecular weight excluding hydrogens is 762 g/mol. The lowest BCUT2D eigenvalue weighted by Crippen LogP contribution is -2.38. The fourth-order valence-corrected chi connectivity index (χ4v) is 12.0. The van der Waals surface area contributed by atoms with Gasteiger partial charge >= 0.3 is 5.69 Å². The number of benzene rings is 3. The van der Waals surface area contributed by atoms with Crippen LogP contribution in [-0.4, -0.2) is 82.7 Å². The minimum atomic E-state index is -1.20. The lowest BCUT2D eigenvalue weighted by molar-refractivity contribution is -0.130. The van der Waals surface area contributed by atoms with E-state index in [0.717, 1.165) is 54.4 Å². The summed E-state index contributed by atoms with van der Waals surface area (Å²) in [6, 6.07) is 25.5. The zero-order chi connectivity index (χ0) is 39.0. The van der Waals surface area contributed by atoms with Crippen molar-refractivity contribution in [3.8, 4) is 11.5 Å². The summed E-state index contributed by atoms with van der Waals surface area (Å²) in [4.78, 5) is 51.4. The van der Waals surface area contributed by atoms with Crippen LogP contribution in [0.25, 0.3) is 0 Å². The number of rotatable bonds is 17. The Morgan fingerprint density at radius 2 is 1.49 bits per heavy atom. The molecule has 0 bridgehead atoms. The zero-order valence-electron chi connectivity index (χ0n) is 31.3. The molecule has 12 nitrogen and oxygen atoms in total. The van der Waals surface area contributed by atoms with Gasteiger partial charge in [0.1, 0.15) is 29.4 Å². The van der Waals surface area contributed by atoms with Gasteiger partial charge in [-0.15, -0.1) is 0 Å². The standard InChI is InChI=1S/C40H46N3O9PS2/c1-27-25-43(39(47)41-37(27)45)36-24-34(52-53(42-20-8-9-21-42)55-23-22-54-38(46)28(2)44)35(51-36)26-50-40(29-10-6-5-7-11-29,30-12-16-32(48-3)17-13-30)31-14-18-33(49-4)19-15-31/h5-7,10-19,25,34-36H,8-9,20-24,26H2,1-4H3,(H,41,45,47)/t34-,35+,36+,53?/m0/s1. The Morgan fingerprint density at radius 3 is 2.07 bits per heavy atom. The van der Waals surface area contributed by atoms with Gasteiger partial charge in [-0.2, -0.15) is 0 Å². The van der Waals surface area contributed by atoms with Gasteiger partial charge in [0.2, 0.25) is 5.78 Å². The molecule has 3 aromatic carbocycles. The number of H-pyrrole nitrogens is 1. The number of carbonyl (C=O) groups excluding carboxylic acids is 2. The molecule has 0 spiro atoms. The molecule has 0 aliphatic carbocycles. The topological polar surface area (TPSA) is 138 Å². The number of ketones is 1. The predicted octanol–water partition coefficient (Wildman–Crippen LogP) is 6.45. The van der Waals surface area contributed by atoms with E-state index in [1.54, 1.807) is 32.5 Å². The second-order valence-electron chi connectivity index (χ2n) is 13.2. The first-order valence-corrected chi connectivity index (χ1v) is 21.9. The minimum Gasteiger partial charge on any atom is -0.497 e. The summed E-state index contributed by atoms with van der Waals surface area (Å²) in [6.45, 7) is 4.75. The van der Waals surface area contributed by atoms with Gasteiger partial charge in [-0.25, -0.2) is 4.79 Å². The van der Waals surface area contributed by atoms with Gasteiger partial charge in [-0.1, -0.05) is 77.7 Å². The monoisotopic (exact) mass is 807 g/mol. The quantitative estimate of drug-likeness (QED) is 0.0544. The van der Waals surface area contributed by atoms with Crippen molar-refractivity contribution in [2.45, 2.75) is 57.1 Å². The largest absolute Gasteiger partial charge is 0.497 e. The molecule has 4 aromatic rings. The number of nitrogens with one attached hydrogen (secondary N) is 1. The second-order valence-corrected chi connectivity index (χ2v) is 17.9. The highest BCUT2D eigenvalue weighted by molar-refractivity contribution is 8.53. The highest BCUT2D eigenvalue weighted by atomic mass is 32.7.